The molecule has 0 saturated carbocycles. The van der Waals surface area contributed by atoms with E-state index in [0.29, 0.717) is 0 Å². The summed E-state index contributed by atoms with van der Waals surface area (Å²) in [6, 6.07) is 10.7. The third-order valence-corrected chi connectivity index (χ3v) is 5.66. The van der Waals surface area contributed by atoms with Crippen molar-refractivity contribution >= 4 is 10.9 Å². The average Bonchev–Trinajstić information content (AvgIpc) is 3.15. The van der Waals surface area contributed by atoms with Crippen molar-refractivity contribution in [3.63, 3.8) is 0 Å². The van der Waals surface area contributed by atoms with E-state index in [0.717, 1.165) is 24.4 Å². The van der Waals surface area contributed by atoms with Gasteiger partial charge >= 0.3 is 0 Å². The average molecular weight is 334 g/mol. The molecule has 0 spiro atoms. The van der Waals surface area contributed by atoms with E-state index in [-0.39, 0.29) is 0 Å². The summed E-state index contributed by atoms with van der Waals surface area (Å²) in [5, 5.41) is 5.86. The number of likely N-dealkylation sites (tertiary alicyclic amines) is 1. The van der Waals surface area contributed by atoms with Crippen LogP contribution in [0.4, 0.5) is 0 Å². The van der Waals surface area contributed by atoms with Crippen LogP contribution >= 0.6 is 0 Å². The number of hydrogen-bond donors (Lipinski definition) is 0. The van der Waals surface area contributed by atoms with Gasteiger partial charge in [-0.2, -0.15) is 5.10 Å². The van der Waals surface area contributed by atoms with Crippen LogP contribution in [0, 0.1) is 19.8 Å². The largest absolute Gasteiger partial charge is 0.299 e. The summed E-state index contributed by atoms with van der Waals surface area (Å²) in [7, 11) is 2.03. The summed E-state index contributed by atoms with van der Waals surface area (Å²) in [5.74, 6) is 0.725. The summed E-state index contributed by atoms with van der Waals surface area (Å²) >= 11 is 0. The number of rotatable bonds is 4. The van der Waals surface area contributed by atoms with Crippen molar-refractivity contribution in [3.05, 3.63) is 59.0 Å². The van der Waals surface area contributed by atoms with E-state index in [1.165, 1.54) is 47.4 Å². The van der Waals surface area contributed by atoms with Gasteiger partial charge < -0.3 is 0 Å². The van der Waals surface area contributed by atoms with Crippen molar-refractivity contribution in [1.29, 1.82) is 0 Å². The zero-order valence-electron chi connectivity index (χ0n) is 15.4. The molecule has 3 heterocycles. The molecule has 1 fully saturated rings. The first-order valence-corrected chi connectivity index (χ1v) is 9.16. The minimum absolute atomic E-state index is 0.725. The van der Waals surface area contributed by atoms with Crippen LogP contribution in [0.1, 0.15) is 28.9 Å². The minimum Gasteiger partial charge on any atom is -0.299 e. The molecule has 1 aromatic carbocycles. The van der Waals surface area contributed by atoms with Gasteiger partial charge in [-0.3, -0.25) is 14.6 Å². The fourth-order valence-electron chi connectivity index (χ4n) is 4.14. The third-order valence-electron chi connectivity index (χ3n) is 5.66. The van der Waals surface area contributed by atoms with Crippen LogP contribution in [-0.2, 0) is 20.0 Å². The van der Waals surface area contributed by atoms with E-state index in [4.69, 9.17) is 0 Å². The van der Waals surface area contributed by atoms with Gasteiger partial charge in [-0.15, -0.1) is 0 Å². The maximum absolute atomic E-state index is 4.56. The first-order valence-electron chi connectivity index (χ1n) is 9.16. The first-order chi connectivity index (χ1) is 12.1. The second-order valence-corrected chi connectivity index (χ2v) is 7.35. The Hall–Kier alpha value is -2.20. The molecule has 0 aliphatic carbocycles. The smallest absolute Gasteiger partial charge is 0.0704 e. The topological polar surface area (TPSA) is 34.0 Å². The molecule has 0 N–H and O–H groups in total. The van der Waals surface area contributed by atoms with Crippen molar-refractivity contribution in [1.82, 2.24) is 19.7 Å². The monoisotopic (exact) mass is 334 g/mol. The van der Waals surface area contributed by atoms with Gasteiger partial charge in [0.1, 0.15) is 0 Å². The van der Waals surface area contributed by atoms with Crippen LogP contribution in [0.25, 0.3) is 10.9 Å². The molecule has 4 rings (SSSR count). The number of aromatic nitrogens is 3. The van der Waals surface area contributed by atoms with Crippen molar-refractivity contribution in [2.75, 3.05) is 13.1 Å². The SMILES string of the molecule is Cc1nn(C)c(C)c1CN1CC[C@@H](Cc2ccnc3ccccc23)C1. The molecule has 0 radical (unpaired) electrons. The Balaban J connectivity index is 1.46. The number of pyridine rings is 1. The van der Waals surface area contributed by atoms with Crippen molar-refractivity contribution < 1.29 is 0 Å². The van der Waals surface area contributed by atoms with E-state index in [1.54, 1.807) is 0 Å². The van der Waals surface area contributed by atoms with Gasteiger partial charge in [0.25, 0.3) is 0 Å². The maximum Gasteiger partial charge on any atom is 0.0704 e. The molecular formula is C21H26N4. The normalized spacial score (nSPS) is 18.3. The van der Waals surface area contributed by atoms with E-state index >= 15 is 0 Å². The highest BCUT2D eigenvalue weighted by Crippen LogP contribution is 2.26. The number of nitrogens with zero attached hydrogens (tertiary/aromatic N) is 4. The van der Waals surface area contributed by atoms with Crippen molar-refractivity contribution in [2.24, 2.45) is 13.0 Å². The quantitative estimate of drug-likeness (QED) is 0.730. The molecule has 3 aromatic rings. The second-order valence-electron chi connectivity index (χ2n) is 7.35. The predicted molar refractivity (Wildman–Crippen MR) is 102 cm³/mol. The molecule has 0 bridgehead atoms. The molecule has 1 aliphatic rings. The van der Waals surface area contributed by atoms with Crippen LogP contribution < -0.4 is 0 Å². The van der Waals surface area contributed by atoms with Gasteiger partial charge in [0, 0.05) is 43.0 Å². The Bertz CT molecular complexity index is 891. The highest BCUT2D eigenvalue weighted by atomic mass is 15.3. The molecule has 130 valence electrons. The minimum atomic E-state index is 0.725. The molecule has 4 nitrogen and oxygen atoms in total. The Labute approximate surface area is 149 Å². The summed E-state index contributed by atoms with van der Waals surface area (Å²) in [4.78, 5) is 7.08. The molecule has 4 heteroatoms. The lowest BCUT2D eigenvalue weighted by molar-refractivity contribution is 0.315. The molecule has 1 saturated heterocycles. The van der Waals surface area contributed by atoms with Gasteiger partial charge in [-0.1, -0.05) is 18.2 Å². The zero-order valence-corrected chi connectivity index (χ0v) is 15.4. The maximum atomic E-state index is 4.56. The highest BCUT2D eigenvalue weighted by molar-refractivity contribution is 5.81. The molecule has 0 unspecified atom stereocenters. The van der Waals surface area contributed by atoms with E-state index < -0.39 is 0 Å². The van der Waals surface area contributed by atoms with Crippen molar-refractivity contribution in [3.8, 4) is 0 Å². The molecule has 1 aliphatic heterocycles. The molecule has 1 atom stereocenters. The van der Waals surface area contributed by atoms with Gasteiger partial charge in [-0.25, -0.2) is 0 Å². The summed E-state index contributed by atoms with van der Waals surface area (Å²) in [5.41, 5.74) is 6.41. The Morgan fingerprint density at radius 1 is 1.16 bits per heavy atom. The van der Waals surface area contributed by atoms with E-state index in [1.807, 2.05) is 17.9 Å². The fraction of sp³-hybridized carbons (Fsp3) is 0.429. The molecule has 25 heavy (non-hydrogen) atoms. The number of hydrogen-bond acceptors (Lipinski definition) is 3. The van der Waals surface area contributed by atoms with Crippen molar-refractivity contribution in [2.45, 2.75) is 33.2 Å². The lowest BCUT2D eigenvalue weighted by Gasteiger charge is -2.17. The summed E-state index contributed by atoms with van der Waals surface area (Å²) in [6.45, 7) is 7.68. The van der Waals surface area contributed by atoms with Gasteiger partial charge in [0.05, 0.1) is 11.2 Å². The number of aryl methyl sites for hydroxylation is 2. The van der Waals surface area contributed by atoms with Crippen LogP contribution in [-0.4, -0.2) is 32.8 Å². The van der Waals surface area contributed by atoms with Crippen LogP contribution in [0.2, 0.25) is 0 Å². The molecular weight excluding hydrogens is 308 g/mol. The lowest BCUT2D eigenvalue weighted by Crippen LogP contribution is -2.21. The third kappa shape index (κ3) is 3.19. The predicted octanol–water partition coefficient (Wildman–Crippen LogP) is 3.65. The highest BCUT2D eigenvalue weighted by Gasteiger charge is 2.25. The van der Waals surface area contributed by atoms with Gasteiger partial charge in [-0.05, 0) is 56.8 Å². The number of benzene rings is 1. The van der Waals surface area contributed by atoms with Crippen LogP contribution in [0.5, 0.6) is 0 Å². The van der Waals surface area contributed by atoms with E-state index in [9.17, 15) is 0 Å². The van der Waals surface area contributed by atoms with Gasteiger partial charge in [0.15, 0.2) is 0 Å². The zero-order chi connectivity index (χ0) is 17.4. The van der Waals surface area contributed by atoms with Crippen LogP contribution in [0.15, 0.2) is 36.5 Å². The fourth-order valence-corrected chi connectivity index (χ4v) is 4.14. The molecule has 2 aromatic heterocycles. The van der Waals surface area contributed by atoms with Gasteiger partial charge in [0.2, 0.25) is 0 Å². The number of para-hydroxylation sites is 1. The van der Waals surface area contributed by atoms with Crippen LogP contribution in [0.3, 0.4) is 0 Å². The Morgan fingerprint density at radius 3 is 2.80 bits per heavy atom. The first kappa shape index (κ1) is 16.3. The second kappa shape index (κ2) is 6.60. The van der Waals surface area contributed by atoms with E-state index in [2.05, 4.69) is 59.2 Å². The Morgan fingerprint density at radius 2 is 2.00 bits per heavy atom. The molecule has 0 amide bonds. The number of fused-ring (bicyclic) bond motifs is 1. The summed E-state index contributed by atoms with van der Waals surface area (Å²) in [6.07, 6.45) is 4.37. The lowest BCUT2D eigenvalue weighted by atomic mass is 9.96. The Kier molecular flexibility index (Phi) is 4.30. The standard InChI is InChI=1S/C21H26N4/c1-15-20(16(2)24(3)23-15)14-25-11-9-17(13-25)12-18-8-10-22-21-7-5-4-6-19(18)21/h4-8,10,17H,9,11-14H2,1-3H3/t17-/m0/s1. The summed E-state index contributed by atoms with van der Waals surface area (Å²) < 4.78 is 2.00.